The third-order valence-corrected chi connectivity index (χ3v) is 2.93. The average molecular weight is 269 g/mol. The maximum absolute atomic E-state index is 12.0. The van der Waals surface area contributed by atoms with Crippen LogP contribution in [0, 0.1) is 0 Å². The summed E-state index contributed by atoms with van der Waals surface area (Å²) in [5, 5.41) is 2.84. The van der Waals surface area contributed by atoms with Gasteiger partial charge >= 0.3 is 0 Å². The van der Waals surface area contributed by atoms with Crippen LogP contribution < -0.4 is 10.2 Å². The Morgan fingerprint density at radius 1 is 1.15 bits per heavy atom. The fourth-order valence-corrected chi connectivity index (χ4v) is 1.89. The second-order valence-corrected chi connectivity index (χ2v) is 4.92. The van der Waals surface area contributed by atoms with E-state index in [1.54, 1.807) is 12.3 Å². The summed E-state index contributed by atoms with van der Waals surface area (Å²) in [6, 6.07) is 13.8. The molecule has 0 fully saturated rings. The van der Waals surface area contributed by atoms with Crippen LogP contribution in [0.1, 0.15) is 24.3 Å². The van der Waals surface area contributed by atoms with Crippen LogP contribution in [0.15, 0.2) is 48.7 Å². The number of hydrogen-bond donors (Lipinski definition) is 1. The van der Waals surface area contributed by atoms with Gasteiger partial charge in [-0.2, -0.15) is 0 Å². The Kier molecular flexibility index (Phi) is 4.35. The minimum Gasteiger partial charge on any atom is -0.349 e. The standard InChI is InChI=1S/C16H19N3O/c1-12(2)18-16(20)15-11-14(9-10-17-15)19(3)13-7-5-4-6-8-13/h4-12H,1-3H3,(H,18,20). The van der Waals surface area contributed by atoms with Gasteiger partial charge in [0.15, 0.2) is 0 Å². The lowest BCUT2D eigenvalue weighted by atomic mass is 10.2. The Balaban J connectivity index is 2.24. The lowest BCUT2D eigenvalue weighted by molar-refractivity contribution is 0.0938. The van der Waals surface area contributed by atoms with Crippen molar-refractivity contribution in [2.75, 3.05) is 11.9 Å². The first kappa shape index (κ1) is 14.1. The highest BCUT2D eigenvalue weighted by Gasteiger charge is 2.11. The molecule has 0 saturated heterocycles. The molecule has 0 bridgehead atoms. The third kappa shape index (κ3) is 3.35. The Hall–Kier alpha value is -2.36. The number of anilines is 2. The molecule has 1 N–H and O–H groups in total. The molecule has 1 amide bonds. The van der Waals surface area contributed by atoms with Gasteiger partial charge in [0.25, 0.3) is 5.91 Å². The topological polar surface area (TPSA) is 45.2 Å². The van der Waals surface area contributed by atoms with E-state index in [2.05, 4.69) is 10.3 Å². The Labute approximate surface area is 119 Å². The van der Waals surface area contributed by atoms with Gasteiger partial charge in [-0.05, 0) is 38.1 Å². The molecule has 104 valence electrons. The summed E-state index contributed by atoms with van der Waals surface area (Å²) in [4.78, 5) is 18.1. The monoisotopic (exact) mass is 269 g/mol. The van der Waals surface area contributed by atoms with Crippen molar-refractivity contribution in [3.63, 3.8) is 0 Å². The van der Waals surface area contributed by atoms with Crippen LogP contribution in [0.2, 0.25) is 0 Å². The van der Waals surface area contributed by atoms with Crippen molar-refractivity contribution in [2.24, 2.45) is 0 Å². The molecule has 0 radical (unpaired) electrons. The number of aromatic nitrogens is 1. The van der Waals surface area contributed by atoms with Crippen LogP contribution >= 0.6 is 0 Å². The smallest absolute Gasteiger partial charge is 0.270 e. The number of carbonyl (C=O) groups excluding carboxylic acids is 1. The second kappa shape index (κ2) is 6.19. The molecule has 0 aliphatic heterocycles. The van der Waals surface area contributed by atoms with Gasteiger partial charge in [0.1, 0.15) is 5.69 Å². The zero-order chi connectivity index (χ0) is 14.5. The molecule has 1 heterocycles. The van der Waals surface area contributed by atoms with Gasteiger partial charge in [-0.3, -0.25) is 9.78 Å². The van der Waals surface area contributed by atoms with Crippen LogP contribution in [0.5, 0.6) is 0 Å². The zero-order valence-electron chi connectivity index (χ0n) is 12.0. The summed E-state index contributed by atoms with van der Waals surface area (Å²) in [6.45, 7) is 3.86. The molecule has 4 heteroatoms. The van der Waals surface area contributed by atoms with Crippen LogP contribution in [-0.4, -0.2) is 24.0 Å². The van der Waals surface area contributed by atoms with Crippen molar-refractivity contribution in [1.82, 2.24) is 10.3 Å². The van der Waals surface area contributed by atoms with Crippen molar-refractivity contribution >= 4 is 17.3 Å². The van der Waals surface area contributed by atoms with Crippen molar-refractivity contribution in [3.05, 3.63) is 54.4 Å². The maximum Gasteiger partial charge on any atom is 0.270 e. The molecule has 2 rings (SSSR count). The third-order valence-electron chi connectivity index (χ3n) is 2.93. The van der Waals surface area contributed by atoms with Crippen LogP contribution in [0.3, 0.4) is 0 Å². The van der Waals surface area contributed by atoms with Gasteiger partial charge in [0.2, 0.25) is 0 Å². The van der Waals surface area contributed by atoms with Crippen LogP contribution in [-0.2, 0) is 0 Å². The Morgan fingerprint density at radius 2 is 1.85 bits per heavy atom. The number of para-hydroxylation sites is 1. The molecule has 1 aromatic carbocycles. The number of pyridine rings is 1. The number of hydrogen-bond acceptors (Lipinski definition) is 3. The molecule has 0 atom stereocenters. The van der Waals surface area contributed by atoms with E-state index in [9.17, 15) is 4.79 Å². The van der Waals surface area contributed by atoms with E-state index in [4.69, 9.17) is 0 Å². The first-order chi connectivity index (χ1) is 9.58. The molecular formula is C16H19N3O. The normalized spacial score (nSPS) is 10.4. The molecular weight excluding hydrogens is 250 g/mol. The fourth-order valence-electron chi connectivity index (χ4n) is 1.89. The predicted molar refractivity (Wildman–Crippen MR) is 81.3 cm³/mol. The van der Waals surface area contributed by atoms with Gasteiger partial charge in [-0.25, -0.2) is 0 Å². The highest BCUT2D eigenvalue weighted by molar-refractivity contribution is 5.93. The van der Waals surface area contributed by atoms with E-state index < -0.39 is 0 Å². The van der Waals surface area contributed by atoms with Gasteiger partial charge in [0.05, 0.1) is 0 Å². The molecule has 0 saturated carbocycles. The Morgan fingerprint density at radius 3 is 2.50 bits per heavy atom. The van der Waals surface area contributed by atoms with Gasteiger partial charge in [-0.1, -0.05) is 18.2 Å². The summed E-state index contributed by atoms with van der Waals surface area (Å²) >= 11 is 0. The highest BCUT2D eigenvalue weighted by Crippen LogP contribution is 2.22. The lowest BCUT2D eigenvalue weighted by Crippen LogP contribution is -2.30. The van der Waals surface area contributed by atoms with Crippen LogP contribution in [0.25, 0.3) is 0 Å². The summed E-state index contributed by atoms with van der Waals surface area (Å²) in [7, 11) is 1.97. The molecule has 0 aliphatic rings. The highest BCUT2D eigenvalue weighted by atomic mass is 16.1. The second-order valence-electron chi connectivity index (χ2n) is 4.92. The largest absolute Gasteiger partial charge is 0.349 e. The molecule has 0 spiro atoms. The minimum absolute atomic E-state index is 0.0970. The SMILES string of the molecule is CC(C)NC(=O)c1cc(N(C)c2ccccc2)ccn1. The molecule has 0 unspecified atom stereocenters. The maximum atomic E-state index is 12.0. The predicted octanol–water partition coefficient (Wildman–Crippen LogP) is 2.99. The lowest BCUT2D eigenvalue weighted by Gasteiger charge is -2.19. The van der Waals surface area contributed by atoms with Crippen LogP contribution in [0.4, 0.5) is 11.4 Å². The van der Waals surface area contributed by atoms with E-state index in [0.29, 0.717) is 5.69 Å². The fraction of sp³-hybridized carbons (Fsp3) is 0.250. The molecule has 2 aromatic rings. The van der Waals surface area contributed by atoms with Gasteiger partial charge in [-0.15, -0.1) is 0 Å². The van der Waals surface area contributed by atoms with E-state index in [0.717, 1.165) is 11.4 Å². The average Bonchev–Trinajstić information content (AvgIpc) is 2.47. The first-order valence-corrected chi connectivity index (χ1v) is 6.63. The Bertz CT molecular complexity index is 581. The zero-order valence-corrected chi connectivity index (χ0v) is 12.0. The quantitative estimate of drug-likeness (QED) is 0.928. The molecule has 20 heavy (non-hydrogen) atoms. The van der Waals surface area contributed by atoms with E-state index in [1.165, 1.54) is 0 Å². The van der Waals surface area contributed by atoms with Crippen molar-refractivity contribution in [1.29, 1.82) is 0 Å². The number of carbonyl (C=O) groups is 1. The number of nitrogens with one attached hydrogen (secondary N) is 1. The van der Waals surface area contributed by atoms with Gasteiger partial charge < -0.3 is 10.2 Å². The number of rotatable bonds is 4. The van der Waals surface area contributed by atoms with Crippen molar-refractivity contribution in [2.45, 2.75) is 19.9 Å². The minimum atomic E-state index is -0.150. The van der Waals surface area contributed by atoms with E-state index in [-0.39, 0.29) is 11.9 Å². The number of amides is 1. The molecule has 4 nitrogen and oxygen atoms in total. The first-order valence-electron chi connectivity index (χ1n) is 6.63. The summed E-state index contributed by atoms with van der Waals surface area (Å²) in [5.41, 5.74) is 2.42. The number of nitrogens with zero attached hydrogens (tertiary/aromatic N) is 2. The summed E-state index contributed by atoms with van der Waals surface area (Å²) < 4.78 is 0. The van der Waals surface area contributed by atoms with Crippen molar-refractivity contribution < 1.29 is 4.79 Å². The van der Waals surface area contributed by atoms with Gasteiger partial charge in [0, 0.05) is 30.7 Å². The van der Waals surface area contributed by atoms with E-state index in [1.807, 2.05) is 62.2 Å². The summed E-state index contributed by atoms with van der Waals surface area (Å²) in [5.74, 6) is -0.150. The van der Waals surface area contributed by atoms with Crippen molar-refractivity contribution in [3.8, 4) is 0 Å². The van der Waals surface area contributed by atoms with E-state index >= 15 is 0 Å². The molecule has 1 aromatic heterocycles. The molecule has 0 aliphatic carbocycles. The summed E-state index contributed by atoms with van der Waals surface area (Å²) in [6.07, 6.45) is 1.66. The number of benzene rings is 1.